The minimum atomic E-state index is -4.01. The van der Waals surface area contributed by atoms with Gasteiger partial charge >= 0.3 is 6.11 Å². The Morgan fingerprint density at radius 1 is 1.12 bits per heavy atom. The quantitative estimate of drug-likeness (QED) is 0.532. The Bertz CT molecular complexity index is 67.0. The second kappa shape index (κ2) is 1.63. The lowest BCUT2D eigenvalue weighted by Gasteiger charge is -2.22. The van der Waals surface area contributed by atoms with Crippen molar-refractivity contribution in [3.05, 3.63) is 0 Å². The molecule has 0 radical (unpaired) electrons. The Hall–Kier alpha value is -0.220. The van der Waals surface area contributed by atoms with E-state index in [4.69, 9.17) is 10.2 Å². The first-order valence-electron chi connectivity index (χ1n) is 2.08. The van der Waals surface area contributed by atoms with E-state index in [0.717, 1.165) is 13.8 Å². The molecule has 0 aromatic carbocycles. The van der Waals surface area contributed by atoms with E-state index in [0.29, 0.717) is 0 Å². The summed E-state index contributed by atoms with van der Waals surface area (Å²) in [5, 5.41) is 16.1. The van der Waals surface area contributed by atoms with E-state index < -0.39 is 11.7 Å². The lowest BCUT2D eigenvalue weighted by molar-refractivity contribution is -0.294. The smallest absolute Gasteiger partial charge is 0.381 e. The zero-order valence-electron chi connectivity index (χ0n) is 4.65. The number of hydrogen-bond donors (Lipinski definition) is 2. The summed E-state index contributed by atoms with van der Waals surface area (Å²) < 4.78 is 23.1. The van der Waals surface area contributed by atoms with Gasteiger partial charge in [-0.3, -0.25) is 0 Å². The molecule has 2 nitrogen and oxygen atoms in total. The van der Waals surface area contributed by atoms with Crippen molar-refractivity contribution in [2.45, 2.75) is 25.6 Å². The van der Waals surface area contributed by atoms with Crippen LogP contribution in [0.1, 0.15) is 13.8 Å². The van der Waals surface area contributed by atoms with E-state index in [1.54, 1.807) is 0 Å². The van der Waals surface area contributed by atoms with Gasteiger partial charge in [-0.15, -0.1) is 0 Å². The Morgan fingerprint density at radius 3 is 1.25 bits per heavy atom. The molecule has 0 saturated carbocycles. The molecular weight excluding hydrogens is 118 g/mol. The van der Waals surface area contributed by atoms with Crippen molar-refractivity contribution >= 4 is 0 Å². The van der Waals surface area contributed by atoms with Gasteiger partial charge in [0.15, 0.2) is 0 Å². The molecule has 0 heterocycles. The highest BCUT2D eigenvalue weighted by Gasteiger charge is 2.43. The third-order valence-electron chi connectivity index (χ3n) is 0.736. The number of alkyl halides is 2. The van der Waals surface area contributed by atoms with Gasteiger partial charge in [-0.05, 0) is 13.8 Å². The highest BCUT2D eigenvalue weighted by molar-refractivity contribution is 4.73. The summed E-state index contributed by atoms with van der Waals surface area (Å²) in [5.74, 6) is 0. The van der Waals surface area contributed by atoms with E-state index in [9.17, 15) is 8.78 Å². The molecule has 2 N–H and O–H groups in total. The van der Waals surface area contributed by atoms with Crippen LogP contribution in [0, 0.1) is 0 Å². The average Bonchev–Trinajstić information content (AvgIpc) is 1.25. The fourth-order valence-electron chi connectivity index (χ4n) is 0. The van der Waals surface area contributed by atoms with Crippen LogP contribution in [0.15, 0.2) is 0 Å². The highest BCUT2D eigenvalue weighted by Crippen LogP contribution is 2.23. The van der Waals surface area contributed by atoms with Gasteiger partial charge < -0.3 is 10.2 Å². The first kappa shape index (κ1) is 7.78. The molecule has 0 fully saturated rings. The van der Waals surface area contributed by atoms with Gasteiger partial charge in [0.25, 0.3) is 0 Å². The summed E-state index contributed by atoms with van der Waals surface area (Å²) in [4.78, 5) is 0. The van der Waals surface area contributed by atoms with Crippen LogP contribution < -0.4 is 0 Å². The second-order valence-corrected chi connectivity index (χ2v) is 2.10. The van der Waals surface area contributed by atoms with Gasteiger partial charge in [0.1, 0.15) is 5.60 Å². The molecule has 0 bridgehead atoms. The Balaban J connectivity index is 4.02. The fourth-order valence-corrected chi connectivity index (χ4v) is 0. The fraction of sp³-hybridized carbons (Fsp3) is 1.00. The number of halogens is 2. The van der Waals surface area contributed by atoms with Crippen molar-refractivity contribution < 1.29 is 19.0 Å². The van der Waals surface area contributed by atoms with Crippen molar-refractivity contribution in [3.8, 4) is 0 Å². The van der Waals surface area contributed by atoms with Crippen molar-refractivity contribution in [1.29, 1.82) is 0 Å². The molecule has 0 unspecified atom stereocenters. The van der Waals surface area contributed by atoms with Gasteiger partial charge in [-0.1, -0.05) is 0 Å². The van der Waals surface area contributed by atoms with E-state index >= 15 is 0 Å². The van der Waals surface area contributed by atoms with E-state index in [2.05, 4.69) is 0 Å². The number of hydrogen-bond acceptors (Lipinski definition) is 2. The standard InChI is InChI=1S/C4H8F2O2/c1-3(2,7)4(5,6)8/h7-8H,1-2H3. The summed E-state index contributed by atoms with van der Waals surface area (Å²) in [6, 6.07) is 0. The third kappa shape index (κ3) is 1.71. The van der Waals surface area contributed by atoms with E-state index in [1.165, 1.54) is 0 Å². The molecule has 0 aromatic rings. The summed E-state index contributed by atoms with van der Waals surface area (Å²) in [7, 11) is 0. The molecule has 50 valence electrons. The largest absolute Gasteiger partial charge is 0.381 e. The molecule has 0 spiro atoms. The van der Waals surface area contributed by atoms with Crippen LogP contribution in [0.5, 0.6) is 0 Å². The molecule has 0 aliphatic carbocycles. The van der Waals surface area contributed by atoms with Gasteiger partial charge in [-0.25, -0.2) is 0 Å². The maximum absolute atomic E-state index is 11.5. The van der Waals surface area contributed by atoms with Gasteiger partial charge in [-0.2, -0.15) is 8.78 Å². The number of aliphatic hydroxyl groups is 2. The lowest BCUT2D eigenvalue weighted by atomic mass is 10.1. The van der Waals surface area contributed by atoms with Crippen molar-refractivity contribution in [3.63, 3.8) is 0 Å². The number of rotatable bonds is 1. The van der Waals surface area contributed by atoms with Crippen LogP contribution in [0.4, 0.5) is 8.78 Å². The maximum Gasteiger partial charge on any atom is 0.381 e. The van der Waals surface area contributed by atoms with E-state index in [-0.39, 0.29) is 0 Å². The Labute approximate surface area is 45.8 Å². The van der Waals surface area contributed by atoms with Crippen molar-refractivity contribution in [2.75, 3.05) is 0 Å². The zero-order valence-corrected chi connectivity index (χ0v) is 4.65. The lowest BCUT2D eigenvalue weighted by Crippen LogP contribution is -2.42. The molecule has 0 rings (SSSR count). The molecule has 0 amide bonds. The maximum atomic E-state index is 11.5. The first-order chi connectivity index (χ1) is 3.25. The van der Waals surface area contributed by atoms with Crippen LogP contribution in [0.3, 0.4) is 0 Å². The van der Waals surface area contributed by atoms with Crippen LogP contribution in [-0.4, -0.2) is 21.9 Å². The van der Waals surface area contributed by atoms with Crippen LogP contribution in [0.2, 0.25) is 0 Å². The SMILES string of the molecule is CC(C)(O)C(O)(F)F. The third-order valence-corrected chi connectivity index (χ3v) is 0.736. The molecule has 4 heteroatoms. The molecular formula is C4H8F2O2. The first-order valence-corrected chi connectivity index (χ1v) is 2.08. The van der Waals surface area contributed by atoms with Gasteiger partial charge in [0, 0.05) is 0 Å². The van der Waals surface area contributed by atoms with Crippen molar-refractivity contribution in [2.24, 2.45) is 0 Å². The minimum Gasteiger partial charge on any atom is -0.381 e. The topological polar surface area (TPSA) is 40.5 Å². The molecule has 0 atom stereocenters. The summed E-state index contributed by atoms with van der Waals surface area (Å²) >= 11 is 0. The monoisotopic (exact) mass is 126 g/mol. The van der Waals surface area contributed by atoms with Gasteiger partial charge in [0.05, 0.1) is 0 Å². The minimum absolute atomic E-state index is 0.826. The molecule has 0 aliphatic heterocycles. The molecule has 0 aromatic heterocycles. The van der Waals surface area contributed by atoms with Crippen LogP contribution >= 0.6 is 0 Å². The van der Waals surface area contributed by atoms with Crippen LogP contribution in [0.25, 0.3) is 0 Å². The summed E-state index contributed by atoms with van der Waals surface area (Å²) in [6.07, 6.45) is -4.01. The molecule has 0 aliphatic rings. The second-order valence-electron chi connectivity index (χ2n) is 2.10. The Morgan fingerprint density at radius 2 is 1.25 bits per heavy atom. The van der Waals surface area contributed by atoms with E-state index in [1.807, 2.05) is 0 Å². The molecule has 8 heavy (non-hydrogen) atoms. The summed E-state index contributed by atoms with van der Waals surface area (Å²) in [5.41, 5.74) is -2.34. The predicted molar refractivity (Wildman–Crippen MR) is 23.5 cm³/mol. The zero-order chi connectivity index (χ0) is 7.00. The Kier molecular flexibility index (Phi) is 1.59. The predicted octanol–water partition coefficient (Wildman–Crippen LogP) is 0.342. The summed E-state index contributed by atoms with van der Waals surface area (Å²) in [6.45, 7) is 1.65. The average molecular weight is 126 g/mol. The highest BCUT2D eigenvalue weighted by atomic mass is 19.3. The van der Waals surface area contributed by atoms with Crippen molar-refractivity contribution in [1.82, 2.24) is 0 Å². The normalized spacial score (nSPS) is 14.2. The van der Waals surface area contributed by atoms with Crippen LogP contribution in [-0.2, 0) is 0 Å². The van der Waals surface area contributed by atoms with Gasteiger partial charge in [0.2, 0.25) is 0 Å². The molecule has 0 saturated heterocycles.